The van der Waals surface area contributed by atoms with Gasteiger partial charge in [0, 0.05) is 6.54 Å². The third kappa shape index (κ3) is 3.89. The molecule has 0 aliphatic carbocycles. The molecule has 0 unspecified atom stereocenters. The van der Waals surface area contributed by atoms with Crippen LogP contribution in [0, 0.1) is 0 Å². The van der Waals surface area contributed by atoms with Crippen LogP contribution >= 0.6 is 11.3 Å². The maximum atomic E-state index is 11.7. The van der Waals surface area contributed by atoms with E-state index in [0.717, 1.165) is 16.7 Å². The van der Waals surface area contributed by atoms with Gasteiger partial charge in [-0.2, -0.15) is 11.3 Å². The van der Waals surface area contributed by atoms with Crippen molar-refractivity contribution >= 4 is 21.4 Å². The number of hydrogen-bond donors (Lipinski definition) is 1. The molecule has 3 nitrogen and oxygen atoms in total. The number of hydrogen-bond acceptors (Lipinski definition) is 3. The monoisotopic (exact) mass is 295 g/mol. The number of rotatable bonds is 6. The topological polar surface area (TPSA) is 46.2 Å². The first-order chi connectivity index (χ1) is 9.12. The predicted octanol–water partition coefficient (Wildman–Crippen LogP) is 3.24. The van der Waals surface area contributed by atoms with Gasteiger partial charge in [-0.05, 0) is 39.9 Å². The van der Waals surface area contributed by atoms with Crippen molar-refractivity contribution in [1.29, 1.82) is 0 Å². The number of thiophene rings is 1. The minimum atomic E-state index is -3.16. The predicted molar refractivity (Wildman–Crippen MR) is 80.7 cm³/mol. The third-order valence-corrected chi connectivity index (χ3v) is 5.02. The van der Waals surface area contributed by atoms with Crippen LogP contribution in [0.1, 0.15) is 18.9 Å². The number of sulfonamides is 1. The molecule has 0 atom stereocenters. The van der Waals surface area contributed by atoms with Gasteiger partial charge in [-0.3, -0.25) is 0 Å². The first-order valence-corrected chi connectivity index (χ1v) is 8.79. The quantitative estimate of drug-likeness (QED) is 0.889. The molecule has 0 saturated carbocycles. The van der Waals surface area contributed by atoms with Gasteiger partial charge in [0.2, 0.25) is 10.0 Å². The van der Waals surface area contributed by atoms with Gasteiger partial charge in [0.05, 0.1) is 5.75 Å². The second-order valence-corrected chi connectivity index (χ2v) is 7.02. The highest BCUT2D eigenvalue weighted by Crippen LogP contribution is 2.25. The zero-order valence-electron chi connectivity index (χ0n) is 10.8. The molecule has 5 heteroatoms. The summed E-state index contributed by atoms with van der Waals surface area (Å²) in [5.41, 5.74) is 3.22. The Kier molecular flexibility index (Phi) is 4.74. The maximum Gasteiger partial charge on any atom is 0.211 e. The molecule has 1 aromatic heterocycles. The second kappa shape index (κ2) is 6.32. The van der Waals surface area contributed by atoms with E-state index in [1.54, 1.807) is 11.3 Å². The standard InChI is InChI=1S/C14H17NO2S2/c1-2-9-19(16,17)15-10-12-5-3-4-6-14(12)13-7-8-18-11-13/h3-8,11,15H,2,9-10H2,1H3. The van der Waals surface area contributed by atoms with Gasteiger partial charge in [0.25, 0.3) is 0 Å². The van der Waals surface area contributed by atoms with E-state index in [0.29, 0.717) is 13.0 Å². The first-order valence-electron chi connectivity index (χ1n) is 6.20. The molecule has 0 bridgehead atoms. The minimum absolute atomic E-state index is 0.174. The van der Waals surface area contributed by atoms with Crippen molar-refractivity contribution < 1.29 is 8.42 Å². The van der Waals surface area contributed by atoms with E-state index in [1.165, 1.54) is 0 Å². The maximum absolute atomic E-state index is 11.7. The summed E-state index contributed by atoms with van der Waals surface area (Å²) in [6.45, 7) is 2.20. The summed E-state index contributed by atoms with van der Waals surface area (Å²) < 4.78 is 26.0. The van der Waals surface area contributed by atoms with E-state index < -0.39 is 10.0 Å². The third-order valence-electron chi connectivity index (χ3n) is 2.80. The fourth-order valence-corrected chi connectivity index (χ4v) is 3.62. The molecule has 102 valence electrons. The van der Waals surface area contributed by atoms with E-state index in [4.69, 9.17) is 0 Å². The first kappa shape index (κ1) is 14.2. The van der Waals surface area contributed by atoms with E-state index in [-0.39, 0.29) is 5.75 Å². The summed E-state index contributed by atoms with van der Waals surface area (Å²) in [6.07, 6.45) is 0.626. The molecule has 0 aliphatic heterocycles. The molecular weight excluding hydrogens is 278 g/mol. The van der Waals surface area contributed by atoms with Crippen LogP contribution in [-0.2, 0) is 16.6 Å². The molecule has 0 aliphatic rings. The molecule has 2 rings (SSSR count). The van der Waals surface area contributed by atoms with Gasteiger partial charge in [0.15, 0.2) is 0 Å². The molecule has 2 aromatic rings. The Morgan fingerprint density at radius 2 is 2.00 bits per heavy atom. The Balaban J connectivity index is 2.18. The Morgan fingerprint density at radius 3 is 2.68 bits per heavy atom. The van der Waals surface area contributed by atoms with Gasteiger partial charge < -0.3 is 0 Å². The summed E-state index contributed by atoms with van der Waals surface area (Å²) >= 11 is 1.64. The molecule has 0 saturated heterocycles. The molecule has 19 heavy (non-hydrogen) atoms. The average Bonchev–Trinajstić information content (AvgIpc) is 2.90. The summed E-state index contributed by atoms with van der Waals surface area (Å²) in [5.74, 6) is 0.174. The average molecular weight is 295 g/mol. The number of nitrogens with one attached hydrogen (secondary N) is 1. The van der Waals surface area contributed by atoms with Crippen LogP contribution in [0.15, 0.2) is 41.1 Å². The smallest absolute Gasteiger partial charge is 0.211 e. The van der Waals surface area contributed by atoms with Crippen LogP contribution in [0.4, 0.5) is 0 Å². The lowest BCUT2D eigenvalue weighted by atomic mass is 10.0. The van der Waals surface area contributed by atoms with E-state index in [9.17, 15) is 8.42 Å². The second-order valence-electron chi connectivity index (χ2n) is 4.31. The van der Waals surface area contributed by atoms with Crippen molar-refractivity contribution in [3.05, 3.63) is 46.7 Å². The fourth-order valence-electron chi connectivity index (χ4n) is 1.90. The highest BCUT2D eigenvalue weighted by molar-refractivity contribution is 7.89. The zero-order chi connectivity index (χ0) is 13.7. The highest BCUT2D eigenvalue weighted by Gasteiger charge is 2.10. The molecule has 0 amide bonds. The lowest BCUT2D eigenvalue weighted by molar-refractivity contribution is 0.580. The lowest BCUT2D eigenvalue weighted by Crippen LogP contribution is -2.25. The molecule has 1 aromatic carbocycles. The van der Waals surface area contributed by atoms with Crippen LogP contribution in [0.3, 0.4) is 0 Å². The molecule has 1 N–H and O–H groups in total. The highest BCUT2D eigenvalue weighted by atomic mass is 32.2. The summed E-state index contributed by atoms with van der Waals surface area (Å²) in [7, 11) is -3.16. The molecular formula is C14H17NO2S2. The van der Waals surface area contributed by atoms with Gasteiger partial charge in [-0.1, -0.05) is 31.2 Å². The largest absolute Gasteiger partial charge is 0.212 e. The van der Waals surface area contributed by atoms with Gasteiger partial charge in [-0.25, -0.2) is 13.1 Å². The summed E-state index contributed by atoms with van der Waals surface area (Å²) in [4.78, 5) is 0. The normalized spacial score (nSPS) is 11.6. The van der Waals surface area contributed by atoms with E-state index in [1.807, 2.05) is 42.6 Å². The minimum Gasteiger partial charge on any atom is -0.212 e. The number of benzene rings is 1. The van der Waals surface area contributed by atoms with Crippen LogP contribution in [0.25, 0.3) is 11.1 Å². The van der Waals surface area contributed by atoms with Crippen molar-refractivity contribution in [2.45, 2.75) is 19.9 Å². The van der Waals surface area contributed by atoms with E-state index in [2.05, 4.69) is 10.1 Å². The van der Waals surface area contributed by atoms with Crippen LogP contribution in [0.5, 0.6) is 0 Å². The van der Waals surface area contributed by atoms with Crippen molar-refractivity contribution in [3.63, 3.8) is 0 Å². The molecule has 1 heterocycles. The zero-order valence-corrected chi connectivity index (χ0v) is 12.4. The Hall–Kier alpha value is -1.17. The van der Waals surface area contributed by atoms with Crippen LogP contribution < -0.4 is 4.72 Å². The van der Waals surface area contributed by atoms with Crippen molar-refractivity contribution in [1.82, 2.24) is 4.72 Å². The SMILES string of the molecule is CCCS(=O)(=O)NCc1ccccc1-c1ccsc1. The molecule has 0 spiro atoms. The van der Waals surface area contributed by atoms with Crippen molar-refractivity contribution in [2.75, 3.05) is 5.75 Å². The summed E-state index contributed by atoms with van der Waals surface area (Å²) in [6, 6.07) is 9.92. The van der Waals surface area contributed by atoms with Crippen molar-refractivity contribution in [2.24, 2.45) is 0 Å². The Bertz CT molecular complexity index is 619. The van der Waals surface area contributed by atoms with E-state index >= 15 is 0 Å². The van der Waals surface area contributed by atoms with Gasteiger partial charge in [0.1, 0.15) is 0 Å². The Morgan fingerprint density at radius 1 is 1.21 bits per heavy atom. The van der Waals surface area contributed by atoms with Crippen molar-refractivity contribution in [3.8, 4) is 11.1 Å². The summed E-state index contributed by atoms with van der Waals surface area (Å²) in [5, 5.41) is 4.09. The van der Waals surface area contributed by atoms with Crippen LogP contribution in [0.2, 0.25) is 0 Å². The lowest BCUT2D eigenvalue weighted by Gasteiger charge is -2.10. The Labute approximate surface area is 118 Å². The van der Waals surface area contributed by atoms with Crippen LogP contribution in [-0.4, -0.2) is 14.2 Å². The fraction of sp³-hybridized carbons (Fsp3) is 0.286. The molecule has 0 radical (unpaired) electrons. The molecule has 0 fully saturated rings. The van der Waals surface area contributed by atoms with Gasteiger partial charge in [-0.15, -0.1) is 0 Å². The van der Waals surface area contributed by atoms with Gasteiger partial charge >= 0.3 is 0 Å².